The molecule has 0 aromatic heterocycles. The molecule has 2 aromatic carbocycles. The fourth-order valence-electron chi connectivity index (χ4n) is 1.54. The lowest BCUT2D eigenvalue weighted by Gasteiger charge is -2.09. The van der Waals surface area contributed by atoms with Gasteiger partial charge in [0.25, 0.3) is 10.0 Å². The Labute approximate surface area is 111 Å². The number of rotatable bonds is 3. The highest BCUT2D eigenvalue weighted by atomic mass is 32.2. The molecule has 6 heteroatoms. The number of aryl methyl sites for hydroxylation is 1. The van der Waals surface area contributed by atoms with Gasteiger partial charge in [0.05, 0.1) is 16.3 Å². The molecule has 2 aromatic rings. The van der Waals surface area contributed by atoms with E-state index < -0.39 is 10.0 Å². The summed E-state index contributed by atoms with van der Waals surface area (Å²) < 4.78 is 26.5. The highest BCUT2D eigenvalue weighted by Gasteiger charge is 2.14. The Morgan fingerprint density at radius 3 is 2.32 bits per heavy atom. The van der Waals surface area contributed by atoms with Crippen LogP contribution in [0.25, 0.3) is 0 Å². The number of hydrogen-bond acceptors (Lipinski definition) is 4. The summed E-state index contributed by atoms with van der Waals surface area (Å²) in [5, 5.41) is 9.44. The molecule has 19 heavy (non-hydrogen) atoms. The molecule has 0 unspecified atom stereocenters. The van der Waals surface area contributed by atoms with Crippen molar-refractivity contribution < 1.29 is 13.5 Å². The number of phenols is 1. The molecule has 0 fully saturated rings. The van der Waals surface area contributed by atoms with E-state index >= 15 is 0 Å². The van der Waals surface area contributed by atoms with Gasteiger partial charge in [-0.25, -0.2) is 8.42 Å². The smallest absolute Gasteiger partial charge is 0.261 e. The quantitative estimate of drug-likeness (QED) is 0.592. The van der Waals surface area contributed by atoms with Crippen LogP contribution in [0.1, 0.15) is 5.56 Å². The van der Waals surface area contributed by atoms with Gasteiger partial charge in [-0.15, -0.1) is 0 Å². The minimum atomic E-state index is -3.66. The Hall–Kier alpha value is -2.21. The summed E-state index contributed by atoms with van der Waals surface area (Å²) in [7, 11) is -3.66. The van der Waals surface area contributed by atoms with Gasteiger partial charge in [0.15, 0.2) is 0 Å². The maximum absolute atomic E-state index is 12.1. The first kappa shape index (κ1) is 13.2. The van der Waals surface area contributed by atoms with Crippen molar-refractivity contribution >= 4 is 21.4 Å². The third-order valence-corrected chi connectivity index (χ3v) is 4.01. The molecule has 0 aliphatic carbocycles. The molecule has 5 nitrogen and oxygen atoms in total. The van der Waals surface area contributed by atoms with Gasteiger partial charge >= 0.3 is 0 Å². The Bertz CT molecular complexity index is 694. The summed E-state index contributed by atoms with van der Waals surface area (Å²) in [6.07, 6.45) is 0. The zero-order valence-corrected chi connectivity index (χ0v) is 11.1. The van der Waals surface area contributed by atoms with E-state index in [1.54, 1.807) is 12.1 Å². The van der Waals surface area contributed by atoms with Crippen molar-refractivity contribution in [3.8, 4) is 5.75 Å². The molecule has 100 valence electrons. The summed E-state index contributed by atoms with van der Waals surface area (Å²) >= 11 is 0. The van der Waals surface area contributed by atoms with Crippen LogP contribution in [0.5, 0.6) is 5.75 Å². The number of hydrogen-bond donors (Lipinski definition) is 3. The van der Waals surface area contributed by atoms with Crippen LogP contribution in [-0.2, 0) is 10.0 Å². The SMILES string of the molecule is Cc1ccc(S(=O)(=O)Nc2ccc(N)c(O)c2)cc1. The molecule has 4 N–H and O–H groups in total. The first-order valence-corrected chi connectivity index (χ1v) is 7.05. The Morgan fingerprint density at radius 1 is 1.11 bits per heavy atom. The molecule has 0 aliphatic heterocycles. The zero-order chi connectivity index (χ0) is 14.0. The number of nitrogen functional groups attached to an aromatic ring is 1. The molecule has 0 saturated carbocycles. The molecule has 0 heterocycles. The fraction of sp³-hybridized carbons (Fsp3) is 0.0769. The molecule has 2 rings (SSSR count). The Kier molecular flexibility index (Phi) is 3.35. The number of aromatic hydroxyl groups is 1. The van der Waals surface area contributed by atoms with Crippen LogP contribution in [-0.4, -0.2) is 13.5 Å². The summed E-state index contributed by atoms with van der Waals surface area (Å²) in [5.74, 6) is -0.163. The summed E-state index contributed by atoms with van der Waals surface area (Å²) in [6.45, 7) is 1.88. The molecule has 0 atom stereocenters. The van der Waals surface area contributed by atoms with Crippen LogP contribution in [0, 0.1) is 6.92 Å². The van der Waals surface area contributed by atoms with E-state index in [0.29, 0.717) is 0 Å². The van der Waals surface area contributed by atoms with Crippen LogP contribution >= 0.6 is 0 Å². The van der Waals surface area contributed by atoms with Gasteiger partial charge in [-0.3, -0.25) is 4.72 Å². The van der Waals surface area contributed by atoms with Crippen molar-refractivity contribution in [2.75, 3.05) is 10.5 Å². The second kappa shape index (κ2) is 4.81. The normalized spacial score (nSPS) is 11.2. The van der Waals surface area contributed by atoms with E-state index in [1.165, 1.54) is 30.3 Å². The Balaban J connectivity index is 2.30. The average molecular weight is 278 g/mol. The number of sulfonamides is 1. The van der Waals surface area contributed by atoms with Gasteiger partial charge in [-0.05, 0) is 31.2 Å². The highest BCUT2D eigenvalue weighted by molar-refractivity contribution is 7.92. The van der Waals surface area contributed by atoms with Crippen LogP contribution < -0.4 is 10.5 Å². The standard InChI is InChI=1S/C13H14N2O3S/c1-9-2-5-11(6-3-9)19(17,18)15-10-4-7-12(14)13(16)8-10/h2-8,15-16H,14H2,1H3. The van der Waals surface area contributed by atoms with E-state index in [0.717, 1.165) is 5.56 Å². The first-order chi connectivity index (χ1) is 8.88. The molecule has 0 aliphatic rings. The fourth-order valence-corrected chi connectivity index (χ4v) is 2.59. The number of nitrogens with one attached hydrogen (secondary N) is 1. The van der Waals surface area contributed by atoms with Gasteiger partial charge in [-0.2, -0.15) is 0 Å². The van der Waals surface area contributed by atoms with Crippen LogP contribution in [0.4, 0.5) is 11.4 Å². The summed E-state index contributed by atoms with van der Waals surface area (Å²) in [4.78, 5) is 0.161. The molecular formula is C13H14N2O3S. The molecule has 0 amide bonds. The van der Waals surface area contributed by atoms with Gasteiger partial charge in [-0.1, -0.05) is 17.7 Å². The van der Waals surface area contributed by atoms with Gasteiger partial charge in [0.1, 0.15) is 5.75 Å². The monoisotopic (exact) mass is 278 g/mol. The van der Waals surface area contributed by atoms with E-state index in [4.69, 9.17) is 5.73 Å². The molecular weight excluding hydrogens is 264 g/mol. The highest BCUT2D eigenvalue weighted by Crippen LogP contribution is 2.25. The van der Waals surface area contributed by atoms with Crippen molar-refractivity contribution in [1.82, 2.24) is 0 Å². The van der Waals surface area contributed by atoms with Crippen molar-refractivity contribution in [3.63, 3.8) is 0 Å². The van der Waals surface area contributed by atoms with Crippen molar-refractivity contribution in [3.05, 3.63) is 48.0 Å². The van der Waals surface area contributed by atoms with E-state index in [1.807, 2.05) is 6.92 Å². The van der Waals surface area contributed by atoms with Crippen LogP contribution in [0.2, 0.25) is 0 Å². The Morgan fingerprint density at radius 2 is 1.74 bits per heavy atom. The van der Waals surface area contributed by atoms with Crippen LogP contribution in [0.3, 0.4) is 0 Å². The first-order valence-electron chi connectivity index (χ1n) is 5.56. The lowest BCUT2D eigenvalue weighted by atomic mass is 10.2. The molecule has 0 spiro atoms. The average Bonchev–Trinajstić information content (AvgIpc) is 2.34. The minimum Gasteiger partial charge on any atom is -0.506 e. The van der Waals surface area contributed by atoms with Crippen LogP contribution in [0.15, 0.2) is 47.4 Å². The third kappa shape index (κ3) is 2.97. The maximum atomic E-state index is 12.1. The molecule has 0 saturated heterocycles. The lowest BCUT2D eigenvalue weighted by molar-refractivity contribution is 0.478. The second-order valence-corrected chi connectivity index (χ2v) is 5.87. The number of anilines is 2. The number of benzene rings is 2. The number of nitrogens with two attached hydrogens (primary N) is 1. The van der Waals surface area contributed by atoms with Gasteiger partial charge in [0, 0.05) is 6.07 Å². The third-order valence-electron chi connectivity index (χ3n) is 2.61. The zero-order valence-electron chi connectivity index (χ0n) is 10.3. The largest absolute Gasteiger partial charge is 0.506 e. The van der Waals surface area contributed by atoms with E-state index in [9.17, 15) is 13.5 Å². The van der Waals surface area contributed by atoms with Gasteiger partial charge in [0.2, 0.25) is 0 Å². The van der Waals surface area contributed by atoms with Gasteiger partial charge < -0.3 is 10.8 Å². The minimum absolute atomic E-state index is 0.161. The van der Waals surface area contributed by atoms with E-state index in [-0.39, 0.29) is 22.0 Å². The topological polar surface area (TPSA) is 92.4 Å². The van der Waals surface area contributed by atoms with Crippen molar-refractivity contribution in [2.45, 2.75) is 11.8 Å². The molecule has 0 radical (unpaired) electrons. The van der Waals surface area contributed by atoms with E-state index in [2.05, 4.69) is 4.72 Å². The molecule has 0 bridgehead atoms. The maximum Gasteiger partial charge on any atom is 0.261 e. The predicted octanol–water partition coefficient (Wildman–Crippen LogP) is 2.08. The number of phenolic OH excluding ortho intramolecular Hbond substituents is 1. The lowest BCUT2D eigenvalue weighted by Crippen LogP contribution is -2.12. The van der Waals surface area contributed by atoms with Crippen molar-refractivity contribution in [2.24, 2.45) is 0 Å². The summed E-state index contributed by atoms with van der Waals surface area (Å²) in [6, 6.07) is 10.7. The van der Waals surface area contributed by atoms with Crippen molar-refractivity contribution in [1.29, 1.82) is 0 Å². The predicted molar refractivity (Wildman–Crippen MR) is 74.5 cm³/mol. The second-order valence-electron chi connectivity index (χ2n) is 4.19. The summed E-state index contributed by atoms with van der Waals surface area (Å²) in [5.41, 5.74) is 6.88.